The van der Waals surface area contributed by atoms with E-state index < -0.39 is 6.04 Å². The van der Waals surface area contributed by atoms with E-state index in [0.29, 0.717) is 11.4 Å². The fourth-order valence-electron chi connectivity index (χ4n) is 3.26. The first-order valence-electron chi connectivity index (χ1n) is 8.55. The van der Waals surface area contributed by atoms with Gasteiger partial charge >= 0.3 is 0 Å². The van der Waals surface area contributed by atoms with Crippen molar-refractivity contribution in [3.8, 4) is 0 Å². The third kappa shape index (κ3) is 3.48. The molecule has 1 atom stereocenters. The Kier molecular flexibility index (Phi) is 4.73. The molecule has 0 aliphatic carbocycles. The maximum Gasteiger partial charge on any atom is 0.294 e. The van der Waals surface area contributed by atoms with Crippen molar-refractivity contribution in [3.05, 3.63) is 89.2 Å². The summed E-state index contributed by atoms with van der Waals surface area (Å²) in [4.78, 5) is 27.7. The van der Waals surface area contributed by atoms with Crippen LogP contribution in [-0.2, 0) is 16.1 Å². The molecule has 2 heterocycles. The van der Waals surface area contributed by atoms with Crippen LogP contribution in [0.2, 0.25) is 0 Å². The summed E-state index contributed by atoms with van der Waals surface area (Å²) in [5.74, 6) is -0.383. The van der Waals surface area contributed by atoms with Gasteiger partial charge in [0, 0.05) is 28.0 Å². The van der Waals surface area contributed by atoms with Gasteiger partial charge in [0.2, 0.25) is 18.3 Å². The van der Waals surface area contributed by atoms with E-state index in [-0.39, 0.29) is 18.4 Å². The highest BCUT2D eigenvalue weighted by atomic mass is 79.9. The smallest absolute Gasteiger partial charge is 0.294 e. The predicted octanol–water partition coefficient (Wildman–Crippen LogP) is 3.46. The lowest BCUT2D eigenvalue weighted by atomic mass is 10.0. The van der Waals surface area contributed by atoms with Crippen LogP contribution in [0.25, 0.3) is 0 Å². The number of fused-ring (bicyclic) bond motifs is 1. The number of carbonyl (C=O) groups is 2. The van der Waals surface area contributed by atoms with Crippen LogP contribution in [-0.4, -0.2) is 11.8 Å². The average Bonchev–Trinajstić information content (AvgIpc) is 2.68. The number of carbonyl (C=O) groups excluding carboxylic acids is 2. The van der Waals surface area contributed by atoms with Gasteiger partial charge in [-0.25, -0.2) is 0 Å². The molecule has 0 radical (unpaired) electrons. The summed E-state index contributed by atoms with van der Waals surface area (Å²) < 4.78 is 2.74. The van der Waals surface area contributed by atoms with E-state index in [1.165, 1.54) is 0 Å². The molecule has 0 saturated carbocycles. The number of rotatable bonds is 3. The van der Waals surface area contributed by atoms with Gasteiger partial charge < -0.3 is 5.32 Å². The fraction of sp³-hybridized carbons (Fsp3) is 0.0952. The molecule has 27 heavy (non-hydrogen) atoms. The zero-order valence-corrected chi connectivity index (χ0v) is 16.0. The maximum atomic E-state index is 13.2. The first-order valence-corrected chi connectivity index (χ1v) is 9.35. The highest BCUT2D eigenvalue weighted by molar-refractivity contribution is 9.10. The van der Waals surface area contributed by atoms with Gasteiger partial charge in [0.05, 0.1) is 0 Å². The molecule has 5 nitrogen and oxygen atoms in total. The van der Waals surface area contributed by atoms with Crippen LogP contribution in [0.1, 0.15) is 11.7 Å². The van der Waals surface area contributed by atoms with Crippen LogP contribution < -0.4 is 14.8 Å². The Labute approximate surface area is 165 Å². The van der Waals surface area contributed by atoms with Crippen LogP contribution in [0.3, 0.4) is 0 Å². The van der Waals surface area contributed by atoms with Crippen molar-refractivity contribution in [1.29, 1.82) is 0 Å². The number of pyridine rings is 1. The SMILES string of the molecule is O=C(Nc1ccccc1)C1c2cccc[n+]2CC(=O)N1c1ccc(Br)cc1. The Hall–Kier alpha value is -2.99. The Morgan fingerprint density at radius 1 is 1.00 bits per heavy atom. The number of hydrogen-bond acceptors (Lipinski definition) is 2. The first-order chi connectivity index (χ1) is 13.1. The van der Waals surface area contributed by atoms with E-state index in [1.807, 2.05) is 83.6 Å². The van der Waals surface area contributed by atoms with Gasteiger partial charge in [-0.1, -0.05) is 40.2 Å². The van der Waals surface area contributed by atoms with Crippen LogP contribution in [0.4, 0.5) is 11.4 Å². The third-order valence-corrected chi connectivity index (χ3v) is 5.01. The second-order valence-corrected chi connectivity index (χ2v) is 7.17. The summed E-state index contributed by atoms with van der Waals surface area (Å²) in [6, 6.07) is 21.5. The van der Waals surface area contributed by atoms with Crippen molar-refractivity contribution in [1.82, 2.24) is 0 Å². The van der Waals surface area contributed by atoms with E-state index in [1.54, 1.807) is 4.90 Å². The zero-order chi connectivity index (χ0) is 18.8. The molecule has 4 rings (SSSR count). The van der Waals surface area contributed by atoms with Crippen LogP contribution in [0, 0.1) is 0 Å². The molecular formula is C21H17BrN3O2+. The molecule has 2 aromatic carbocycles. The van der Waals surface area contributed by atoms with Crippen LogP contribution in [0.5, 0.6) is 0 Å². The minimum Gasteiger partial charge on any atom is -0.324 e. The topological polar surface area (TPSA) is 53.3 Å². The van der Waals surface area contributed by atoms with Crippen LogP contribution in [0.15, 0.2) is 83.5 Å². The molecule has 6 heteroatoms. The summed E-state index contributed by atoms with van der Waals surface area (Å²) >= 11 is 3.41. The average molecular weight is 423 g/mol. The van der Waals surface area contributed by atoms with Crippen molar-refractivity contribution >= 4 is 39.1 Å². The van der Waals surface area contributed by atoms with Gasteiger partial charge in [-0.2, -0.15) is 4.57 Å². The highest BCUT2D eigenvalue weighted by Gasteiger charge is 2.43. The summed E-state index contributed by atoms with van der Waals surface area (Å²) in [6.07, 6.45) is 1.83. The molecule has 1 aromatic heterocycles. The van der Waals surface area contributed by atoms with Gasteiger partial charge in [-0.05, 0) is 36.4 Å². The van der Waals surface area contributed by atoms with Crippen LogP contribution >= 0.6 is 15.9 Å². The Bertz CT molecular complexity index is 990. The van der Waals surface area contributed by atoms with Crippen molar-refractivity contribution in [2.24, 2.45) is 0 Å². The summed E-state index contributed by atoms with van der Waals surface area (Å²) in [6.45, 7) is 0.196. The second kappa shape index (κ2) is 7.32. The molecule has 1 unspecified atom stereocenters. The van der Waals surface area contributed by atoms with Gasteiger partial charge in [-0.3, -0.25) is 14.5 Å². The number of halogens is 1. The van der Waals surface area contributed by atoms with Gasteiger partial charge in [-0.15, -0.1) is 0 Å². The number of amides is 2. The fourth-order valence-corrected chi connectivity index (χ4v) is 3.52. The molecule has 0 bridgehead atoms. The highest BCUT2D eigenvalue weighted by Crippen LogP contribution is 2.30. The quantitative estimate of drug-likeness (QED) is 0.657. The number of hydrogen-bond donors (Lipinski definition) is 1. The van der Waals surface area contributed by atoms with E-state index >= 15 is 0 Å². The van der Waals surface area contributed by atoms with Gasteiger partial charge in [0.25, 0.3) is 11.8 Å². The molecule has 0 spiro atoms. The predicted molar refractivity (Wildman–Crippen MR) is 106 cm³/mol. The monoisotopic (exact) mass is 422 g/mol. The zero-order valence-electron chi connectivity index (χ0n) is 14.4. The molecule has 1 N–H and O–H groups in total. The summed E-state index contributed by atoms with van der Waals surface area (Å²) in [5.41, 5.74) is 2.15. The number of nitrogens with zero attached hydrogens (tertiary/aromatic N) is 2. The standard InChI is InChI=1S/C21H16BrN3O2/c22-15-9-11-17(12-10-15)25-19(26)14-24-13-5-4-8-18(24)20(25)21(27)23-16-6-2-1-3-7-16/h1-13,20H,14H2/p+1. The first kappa shape index (κ1) is 17.4. The molecule has 0 fully saturated rings. The second-order valence-electron chi connectivity index (χ2n) is 6.25. The van der Waals surface area contributed by atoms with E-state index in [2.05, 4.69) is 21.2 Å². The van der Waals surface area contributed by atoms with E-state index in [4.69, 9.17) is 0 Å². The molecule has 0 saturated heterocycles. The Morgan fingerprint density at radius 3 is 2.44 bits per heavy atom. The van der Waals surface area contributed by atoms with Gasteiger partial charge in [0.1, 0.15) is 0 Å². The Balaban J connectivity index is 1.77. The number of benzene rings is 2. The third-order valence-electron chi connectivity index (χ3n) is 4.48. The molecule has 2 amide bonds. The molecule has 134 valence electrons. The molecular weight excluding hydrogens is 406 g/mol. The number of anilines is 2. The number of aromatic nitrogens is 1. The Morgan fingerprint density at radius 2 is 1.70 bits per heavy atom. The minimum absolute atomic E-state index is 0.130. The lowest BCUT2D eigenvalue weighted by molar-refractivity contribution is -0.695. The number of nitrogens with one attached hydrogen (secondary N) is 1. The molecule has 1 aliphatic rings. The molecule has 1 aliphatic heterocycles. The molecule has 3 aromatic rings. The van der Waals surface area contributed by atoms with Gasteiger partial charge in [0.15, 0.2) is 6.20 Å². The minimum atomic E-state index is -0.756. The summed E-state index contributed by atoms with van der Waals surface area (Å²) in [5, 5.41) is 2.93. The van der Waals surface area contributed by atoms with Crippen molar-refractivity contribution < 1.29 is 14.2 Å². The van der Waals surface area contributed by atoms with E-state index in [9.17, 15) is 9.59 Å². The maximum absolute atomic E-state index is 13.2. The normalized spacial score (nSPS) is 16.0. The van der Waals surface area contributed by atoms with Crippen molar-refractivity contribution in [2.75, 3.05) is 10.2 Å². The van der Waals surface area contributed by atoms with E-state index in [0.717, 1.165) is 10.2 Å². The van der Waals surface area contributed by atoms with Crippen molar-refractivity contribution in [2.45, 2.75) is 12.6 Å². The lowest BCUT2D eigenvalue weighted by Gasteiger charge is -2.32. The van der Waals surface area contributed by atoms with Crippen molar-refractivity contribution in [3.63, 3.8) is 0 Å². The number of para-hydroxylation sites is 1. The summed E-state index contributed by atoms with van der Waals surface area (Å²) in [7, 11) is 0. The largest absolute Gasteiger partial charge is 0.324 e. The lowest BCUT2D eigenvalue weighted by Crippen LogP contribution is -2.58.